The molecule has 0 radical (unpaired) electrons. The van der Waals surface area contributed by atoms with E-state index in [4.69, 9.17) is 21.1 Å². The fraction of sp³-hybridized carbons (Fsp3) is 0.476. The Morgan fingerprint density at radius 2 is 2.04 bits per heavy atom. The van der Waals surface area contributed by atoms with Crippen molar-refractivity contribution in [2.45, 2.75) is 53.2 Å². The first-order valence-electron chi connectivity index (χ1n) is 9.40. The Morgan fingerprint density at radius 3 is 2.68 bits per heavy atom. The van der Waals surface area contributed by atoms with Gasteiger partial charge in [0.15, 0.2) is 6.61 Å². The molecule has 28 heavy (non-hydrogen) atoms. The van der Waals surface area contributed by atoms with Crippen LogP contribution in [0.15, 0.2) is 12.1 Å². The molecule has 1 aliphatic rings. The van der Waals surface area contributed by atoms with Crippen molar-refractivity contribution in [3.05, 3.63) is 51.1 Å². The van der Waals surface area contributed by atoms with Gasteiger partial charge in [0.1, 0.15) is 5.15 Å². The molecule has 0 aromatic carbocycles. The number of aromatic nitrogens is 2. The van der Waals surface area contributed by atoms with E-state index >= 15 is 0 Å². The molecular formula is C21H25ClN2O4. The molecule has 0 aliphatic carbocycles. The van der Waals surface area contributed by atoms with Crippen LogP contribution in [0.25, 0.3) is 0 Å². The van der Waals surface area contributed by atoms with Crippen LogP contribution in [0.5, 0.6) is 0 Å². The van der Waals surface area contributed by atoms with E-state index in [-0.39, 0.29) is 29.2 Å². The Kier molecular flexibility index (Phi) is 6.20. The maximum Gasteiger partial charge on any atom is 0.342 e. The highest BCUT2D eigenvalue weighted by Gasteiger charge is 2.23. The number of esters is 1. The highest BCUT2D eigenvalue weighted by Crippen LogP contribution is 2.22. The second-order valence-corrected chi connectivity index (χ2v) is 7.63. The van der Waals surface area contributed by atoms with Gasteiger partial charge >= 0.3 is 5.97 Å². The Labute approximate surface area is 169 Å². The van der Waals surface area contributed by atoms with Crippen LogP contribution in [-0.4, -0.2) is 40.6 Å². The van der Waals surface area contributed by atoms with Crippen molar-refractivity contribution in [2.24, 2.45) is 0 Å². The summed E-state index contributed by atoms with van der Waals surface area (Å²) in [5, 5.41) is 0.0877. The van der Waals surface area contributed by atoms with Gasteiger partial charge < -0.3 is 14.0 Å². The number of carbonyl (C=O) groups excluding carboxylic acids is 2. The quantitative estimate of drug-likeness (QED) is 0.413. The number of hydrogen-bond donors (Lipinski definition) is 0. The summed E-state index contributed by atoms with van der Waals surface area (Å²) in [6.45, 7) is 8.61. The lowest BCUT2D eigenvalue weighted by molar-refractivity contribution is 0.0473. The van der Waals surface area contributed by atoms with Crippen LogP contribution < -0.4 is 0 Å². The highest BCUT2D eigenvalue weighted by atomic mass is 35.5. The average Bonchev–Trinajstić information content (AvgIpc) is 3.22. The number of pyridine rings is 1. The van der Waals surface area contributed by atoms with Gasteiger partial charge in [-0.25, -0.2) is 9.78 Å². The summed E-state index contributed by atoms with van der Waals surface area (Å²) < 4.78 is 13.0. The van der Waals surface area contributed by atoms with E-state index in [9.17, 15) is 9.59 Å². The number of carbonyl (C=O) groups is 2. The number of nitrogens with zero attached hydrogens (tertiary/aromatic N) is 2. The molecule has 2 aromatic heterocycles. The third-order valence-corrected chi connectivity index (χ3v) is 5.40. The molecule has 0 N–H and O–H groups in total. The normalized spacial score (nSPS) is 16.4. The van der Waals surface area contributed by atoms with Gasteiger partial charge in [-0.2, -0.15) is 0 Å². The molecule has 0 spiro atoms. The van der Waals surface area contributed by atoms with Crippen molar-refractivity contribution in [3.63, 3.8) is 0 Å². The van der Waals surface area contributed by atoms with Crippen molar-refractivity contribution < 1.29 is 19.1 Å². The molecule has 0 bridgehead atoms. The van der Waals surface area contributed by atoms with E-state index in [1.165, 1.54) is 0 Å². The number of ether oxygens (including phenoxy) is 2. The smallest absolute Gasteiger partial charge is 0.342 e. The number of rotatable bonds is 6. The monoisotopic (exact) mass is 404 g/mol. The summed E-state index contributed by atoms with van der Waals surface area (Å²) in [6, 6.07) is 3.59. The van der Waals surface area contributed by atoms with Gasteiger partial charge in [-0.15, -0.1) is 0 Å². The van der Waals surface area contributed by atoms with E-state index in [0.717, 1.165) is 37.4 Å². The first-order valence-corrected chi connectivity index (χ1v) is 9.78. The van der Waals surface area contributed by atoms with Crippen molar-refractivity contribution in [2.75, 3.05) is 13.2 Å². The van der Waals surface area contributed by atoms with E-state index < -0.39 is 5.97 Å². The molecule has 7 heteroatoms. The number of Topliss-reactive ketones (excluding diaryl/α,β-unsaturated/α-hetero) is 1. The van der Waals surface area contributed by atoms with Crippen molar-refractivity contribution in [3.8, 4) is 0 Å². The zero-order chi connectivity index (χ0) is 20.4. The van der Waals surface area contributed by atoms with Crippen molar-refractivity contribution in [1.29, 1.82) is 0 Å². The second-order valence-electron chi connectivity index (χ2n) is 7.28. The lowest BCUT2D eigenvalue weighted by Crippen LogP contribution is -2.18. The summed E-state index contributed by atoms with van der Waals surface area (Å²) >= 11 is 6.08. The van der Waals surface area contributed by atoms with Crippen LogP contribution in [0.1, 0.15) is 56.2 Å². The van der Waals surface area contributed by atoms with Gasteiger partial charge in [0.2, 0.25) is 5.78 Å². The molecule has 0 unspecified atom stereocenters. The van der Waals surface area contributed by atoms with Crippen LogP contribution in [0.2, 0.25) is 5.15 Å². The molecule has 1 atom stereocenters. The Morgan fingerprint density at radius 1 is 1.29 bits per heavy atom. The fourth-order valence-corrected chi connectivity index (χ4v) is 4.03. The van der Waals surface area contributed by atoms with Gasteiger partial charge in [0.05, 0.1) is 11.7 Å². The SMILES string of the molecule is Cc1cc(C)c(C(=O)OCC(=O)c2cc(C)n(C[C@H]3CCCO3)c2C)c(Cl)n1. The van der Waals surface area contributed by atoms with E-state index in [1.54, 1.807) is 19.9 Å². The summed E-state index contributed by atoms with van der Waals surface area (Å²) in [5.74, 6) is -0.884. The largest absolute Gasteiger partial charge is 0.454 e. The van der Waals surface area contributed by atoms with Crippen LogP contribution in [0, 0.1) is 27.7 Å². The topological polar surface area (TPSA) is 70.4 Å². The van der Waals surface area contributed by atoms with E-state index in [1.807, 2.05) is 19.9 Å². The predicted octanol–water partition coefficient (Wildman–Crippen LogP) is 3.99. The molecule has 2 aromatic rings. The molecule has 0 amide bonds. The number of hydrogen-bond acceptors (Lipinski definition) is 5. The standard InChI is InChI=1S/C21H25ClN2O4/c1-12-8-13(2)23-20(22)19(12)21(26)28-11-18(25)17-9-14(3)24(15(17)4)10-16-6-5-7-27-16/h8-9,16H,5-7,10-11H2,1-4H3/t16-/m1/s1. The third kappa shape index (κ3) is 4.28. The first-order chi connectivity index (χ1) is 13.3. The van der Waals surface area contributed by atoms with Crippen LogP contribution in [0.3, 0.4) is 0 Å². The third-order valence-electron chi connectivity index (χ3n) is 5.12. The number of halogens is 1. The van der Waals surface area contributed by atoms with E-state index in [0.29, 0.717) is 16.8 Å². The summed E-state index contributed by atoms with van der Waals surface area (Å²) in [7, 11) is 0. The van der Waals surface area contributed by atoms with Crippen molar-refractivity contribution in [1.82, 2.24) is 9.55 Å². The lowest BCUT2D eigenvalue weighted by Gasteiger charge is -2.14. The second kappa shape index (κ2) is 8.45. The lowest BCUT2D eigenvalue weighted by atomic mass is 10.1. The van der Waals surface area contributed by atoms with E-state index in [2.05, 4.69) is 9.55 Å². The molecule has 1 saturated heterocycles. The highest BCUT2D eigenvalue weighted by molar-refractivity contribution is 6.32. The molecule has 3 heterocycles. The van der Waals surface area contributed by atoms with Gasteiger partial charge in [-0.3, -0.25) is 4.79 Å². The molecule has 3 rings (SSSR count). The fourth-order valence-electron chi connectivity index (χ4n) is 3.67. The Balaban J connectivity index is 1.69. The molecule has 1 fully saturated rings. The minimum atomic E-state index is -0.642. The molecule has 150 valence electrons. The summed E-state index contributed by atoms with van der Waals surface area (Å²) in [5.41, 5.74) is 4.00. The van der Waals surface area contributed by atoms with Crippen molar-refractivity contribution >= 4 is 23.4 Å². The number of ketones is 1. The Bertz CT molecular complexity index is 890. The average molecular weight is 405 g/mol. The van der Waals surface area contributed by atoms with Crippen LogP contribution >= 0.6 is 11.6 Å². The van der Waals surface area contributed by atoms with Gasteiger partial charge in [0, 0.05) is 35.8 Å². The Hall–Kier alpha value is -2.18. The van der Waals surface area contributed by atoms with Crippen LogP contribution in [-0.2, 0) is 16.0 Å². The molecular weight excluding hydrogens is 380 g/mol. The maximum absolute atomic E-state index is 12.7. The zero-order valence-corrected chi connectivity index (χ0v) is 17.4. The minimum Gasteiger partial charge on any atom is -0.454 e. The minimum absolute atomic E-state index is 0.0877. The van der Waals surface area contributed by atoms with Gasteiger partial charge in [0.25, 0.3) is 0 Å². The number of aryl methyl sites for hydroxylation is 3. The van der Waals surface area contributed by atoms with Crippen LogP contribution in [0.4, 0.5) is 0 Å². The van der Waals surface area contributed by atoms with Gasteiger partial charge in [-0.05, 0) is 58.2 Å². The zero-order valence-electron chi connectivity index (χ0n) is 16.7. The first kappa shape index (κ1) is 20.6. The predicted molar refractivity (Wildman–Crippen MR) is 106 cm³/mol. The maximum atomic E-state index is 12.7. The van der Waals surface area contributed by atoms with Gasteiger partial charge in [-0.1, -0.05) is 11.6 Å². The molecule has 1 aliphatic heterocycles. The summed E-state index contributed by atoms with van der Waals surface area (Å²) in [6.07, 6.45) is 2.29. The summed E-state index contributed by atoms with van der Waals surface area (Å²) in [4.78, 5) is 29.1. The molecule has 0 saturated carbocycles. The molecule has 6 nitrogen and oxygen atoms in total.